The van der Waals surface area contributed by atoms with E-state index in [1.165, 1.54) is 11.8 Å². The van der Waals surface area contributed by atoms with Gasteiger partial charge in [-0.05, 0) is 55.6 Å². The van der Waals surface area contributed by atoms with Gasteiger partial charge in [0.15, 0.2) is 9.84 Å². The number of hydrogen-bond donors (Lipinski definition) is 0. The lowest BCUT2D eigenvalue weighted by atomic mass is 10.0. The van der Waals surface area contributed by atoms with E-state index >= 15 is 0 Å². The maximum absolute atomic E-state index is 12.1. The number of rotatable bonds is 6. The molecule has 0 saturated carbocycles. The maximum atomic E-state index is 12.1. The number of nitrogens with zero attached hydrogens (tertiary/aromatic N) is 1. The van der Waals surface area contributed by atoms with Crippen LogP contribution in [-0.4, -0.2) is 19.4 Å². The predicted octanol–water partition coefficient (Wildman–Crippen LogP) is 3.26. The SMILES string of the molecule is CC(CSC#N)Cc1cccc(S(=O)(=O)C(C)C)c1. The van der Waals surface area contributed by atoms with Crippen molar-refractivity contribution in [1.82, 2.24) is 0 Å². The van der Waals surface area contributed by atoms with Crippen molar-refractivity contribution in [2.24, 2.45) is 5.92 Å². The highest BCUT2D eigenvalue weighted by Gasteiger charge is 2.19. The summed E-state index contributed by atoms with van der Waals surface area (Å²) in [6.45, 7) is 5.44. The first-order valence-electron chi connectivity index (χ1n) is 6.21. The fraction of sp³-hybridized carbons (Fsp3) is 0.500. The second-order valence-electron chi connectivity index (χ2n) is 4.95. The first kappa shape index (κ1) is 16.1. The van der Waals surface area contributed by atoms with Gasteiger partial charge in [-0.1, -0.05) is 19.1 Å². The third kappa shape index (κ3) is 4.55. The summed E-state index contributed by atoms with van der Waals surface area (Å²) in [5.74, 6) is 1.11. The summed E-state index contributed by atoms with van der Waals surface area (Å²) in [7, 11) is -3.21. The van der Waals surface area contributed by atoms with Crippen molar-refractivity contribution in [3.63, 3.8) is 0 Å². The molecule has 0 fully saturated rings. The summed E-state index contributed by atoms with van der Waals surface area (Å²) >= 11 is 1.24. The van der Waals surface area contributed by atoms with Gasteiger partial charge in [0.25, 0.3) is 0 Å². The van der Waals surface area contributed by atoms with E-state index in [1.54, 1.807) is 32.0 Å². The minimum absolute atomic E-state index is 0.349. The molecule has 0 amide bonds. The van der Waals surface area contributed by atoms with Crippen molar-refractivity contribution in [1.29, 1.82) is 5.26 Å². The lowest BCUT2D eigenvalue weighted by Crippen LogP contribution is -2.14. The molecular formula is C14H19NO2S2. The molecule has 5 heteroatoms. The van der Waals surface area contributed by atoms with Gasteiger partial charge in [0.2, 0.25) is 0 Å². The second kappa shape index (κ2) is 6.97. The Kier molecular flexibility index (Phi) is 5.89. The van der Waals surface area contributed by atoms with E-state index in [4.69, 9.17) is 5.26 Å². The molecule has 0 radical (unpaired) electrons. The summed E-state index contributed by atoms with van der Waals surface area (Å²) in [4.78, 5) is 0.389. The molecule has 1 rings (SSSR count). The molecule has 0 aliphatic heterocycles. The first-order valence-corrected chi connectivity index (χ1v) is 8.74. The van der Waals surface area contributed by atoms with Gasteiger partial charge in [0.05, 0.1) is 10.1 Å². The lowest BCUT2D eigenvalue weighted by Gasteiger charge is -2.12. The van der Waals surface area contributed by atoms with Crippen molar-refractivity contribution in [3.8, 4) is 5.40 Å². The van der Waals surface area contributed by atoms with Crippen molar-refractivity contribution in [3.05, 3.63) is 29.8 Å². The molecule has 0 heterocycles. The van der Waals surface area contributed by atoms with E-state index in [9.17, 15) is 8.42 Å². The molecule has 0 bridgehead atoms. The van der Waals surface area contributed by atoms with Crippen LogP contribution in [0.3, 0.4) is 0 Å². The van der Waals surface area contributed by atoms with Crippen LogP contribution in [0.1, 0.15) is 26.3 Å². The van der Waals surface area contributed by atoms with Gasteiger partial charge in [-0.3, -0.25) is 0 Å². The van der Waals surface area contributed by atoms with Gasteiger partial charge in [-0.25, -0.2) is 8.42 Å². The zero-order valence-electron chi connectivity index (χ0n) is 11.5. The molecule has 0 aromatic heterocycles. The zero-order chi connectivity index (χ0) is 14.5. The maximum Gasteiger partial charge on any atom is 0.180 e. The van der Waals surface area contributed by atoms with Crippen molar-refractivity contribution < 1.29 is 8.42 Å². The van der Waals surface area contributed by atoms with Crippen LogP contribution in [0, 0.1) is 16.6 Å². The summed E-state index contributed by atoms with van der Waals surface area (Å²) in [6.07, 6.45) is 0.788. The third-order valence-corrected chi connectivity index (χ3v) is 5.88. The van der Waals surface area contributed by atoms with Gasteiger partial charge >= 0.3 is 0 Å². The van der Waals surface area contributed by atoms with Crippen LogP contribution < -0.4 is 0 Å². The Morgan fingerprint density at radius 3 is 2.58 bits per heavy atom. The average Bonchev–Trinajstić information content (AvgIpc) is 2.36. The number of thioether (sulfide) groups is 1. The Morgan fingerprint density at radius 1 is 1.32 bits per heavy atom. The van der Waals surface area contributed by atoms with E-state index in [0.29, 0.717) is 10.8 Å². The molecule has 0 saturated heterocycles. The van der Waals surface area contributed by atoms with E-state index in [-0.39, 0.29) is 0 Å². The fourth-order valence-corrected chi connectivity index (χ4v) is 3.37. The van der Waals surface area contributed by atoms with Gasteiger partial charge in [0.1, 0.15) is 5.40 Å². The van der Waals surface area contributed by atoms with Gasteiger partial charge in [-0.15, -0.1) is 0 Å². The molecule has 1 aromatic rings. The van der Waals surface area contributed by atoms with Gasteiger partial charge in [-0.2, -0.15) is 5.26 Å². The van der Waals surface area contributed by atoms with Crippen LogP contribution in [0.2, 0.25) is 0 Å². The van der Waals surface area contributed by atoms with E-state index in [2.05, 4.69) is 12.3 Å². The highest BCUT2D eigenvalue weighted by atomic mass is 32.2. The topological polar surface area (TPSA) is 57.9 Å². The highest BCUT2D eigenvalue weighted by molar-refractivity contribution is 8.03. The zero-order valence-corrected chi connectivity index (χ0v) is 13.1. The molecule has 1 aromatic carbocycles. The molecular weight excluding hydrogens is 278 g/mol. The Balaban J connectivity index is 2.87. The molecule has 0 aliphatic rings. The molecule has 1 unspecified atom stereocenters. The van der Waals surface area contributed by atoms with E-state index in [1.807, 2.05) is 6.07 Å². The van der Waals surface area contributed by atoms with Gasteiger partial charge in [0, 0.05) is 5.75 Å². The van der Waals surface area contributed by atoms with E-state index in [0.717, 1.165) is 17.7 Å². The first-order chi connectivity index (χ1) is 8.87. The van der Waals surface area contributed by atoms with Crippen LogP contribution in [0.5, 0.6) is 0 Å². The molecule has 19 heavy (non-hydrogen) atoms. The summed E-state index contributed by atoms with van der Waals surface area (Å²) in [5.41, 5.74) is 1.01. The molecule has 104 valence electrons. The minimum Gasteiger partial charge on any atom is -0.223 e. The monoisotopic (exact) mass is 297 g/mol. The number of hydrogen-bond acceptors (Lipinski definition) is 4. The van der Waals surface area contributed by atoms with Crippen molar-refractivity contribution in [2.45, 2.75) is 37.3 Å². The number of nitriles is 1. The van der Waals surface area contributed by atoms with Crippen LogP contribution in [-0.2, 0) is 16.3 Å². The normalized spacial score (nSPS) is 13.2. The lowest BCUT2D eigenvalue weighted by molar-refractivity contribution is 0.586. The summed E-state index contributed by atoms with van der Waals surface area (Å²) in [6, 6.07) is 7.12. The average molecular weight is 297 g/mol. The molecule has 0 spiro atoms. The van der Waals surface area contributed by atoms with Gasteiger partial charge < -0.3 is 0 Å². The molecule has 3 nitrogen and oxygen atoms in total. The third-order valence-electron chi connectivity index (χ3n) is 2.86. The minimum atomic E-state index is -3.21. The van der Waals surface area contributed by atoms with Crippen LogP contribution in [0.15, 0.2) is 29.2 Å². The Bertz CT molecular complexity index is 559. The van der Waals surface area contributed by atoms with E-state index < -0.39 is 15.1 Å². The molecule has 1 atom stereocenters. The standard InChI is InChI=1S/C14H19NO2S2/c1-11(2)19(16,17)14-6-4-5-13(8-14)7-12(3)9-18-10-15/h4-6,8,11-12H,7,9H2,1-3H3. The van der Waals surface area contributed by atoms with Crippen LogP contribution >= 0.6 is 11.8 Å². The van der Waals surface area contributed by atoms with Crippen molar-refractivity contribution >= 4 is 21.6 Å². The summed E-state index contributed by atoms with van der Waals surface area (Å²) in [5, 5.41) is 10.2. The number of benzene rings is 1. The predicted molar refractivity (Wildman–Crippen MR) is 79.7 cm³/mol. The largest absolute Gasteiger partial charge is 0.223 e. The quantitative estimate of drug-likeness (QED) is 0.756. The van der Waals surface area contributed by atoms with Crippen molar-refractivity contribution in [2.75, 3.05) is 5.75 Å². The Hall–Kier alpha value is -0.990. The number of sulfone groups is 1. The Labute approximate surface area is 119 Å². The Morgan fingerprint density at radius 2 is 2.00 bits per heavy atom. The highest BCUT2D eigenvalue weighted by Crippen LogP contribution is 2.20. The second-order valence-corrected chi connectivity index (χ2v) is 8.26. The molecule has 0 N–H and O–H groups in total. The van der Waals surface area contributed by atoms with Crippen LogP contribution in [0.4, 0.5) is 0 Å². The smallest absolute Gasteiger partial charge is 0.180 e. The van der Waals surface area contributed by atoms with Crippen LogP contribution in [0.25, 0.3) is 0 Å². The summed E-state index contributed by atoms with van der Waals surface area (Å²) < 4.78 is 24.2. The fourth-order valence-electron chi connectivity index (χ4n) is 1.76. The number of thiocyanates is 1. The molecule has 0 aliphatic carbocycles.